The van der Waals surface area contributed by atoms with E-state index in [1.807, 2.05) is 0 Å². The van der Waals surface area contributed by atoms with Gasteiger partial charge in [-0.05, 0) is 6.92 Å². The molecule has 0 amide bonds. The van der Waals surface area contributed by atoms with Crippen LogP contribution < -0.4 is 0 Å². The smallest absolute Gasteiger partial charge is 0.333 e. The van der Waals surface area contributed by atoms with Gasteiger partial charge in [0.05, 0.1) is 92.5 Å². The van der Waals surface area contributed by atoms with Crippen LogP contribution in [0.4, 0.5) is 0 Å². The third-order valence-electron chi connectivity index (χ3n) is 3.36. The normalized spacial score (nSPS) is 11.0. The summed E-state index contributed by atoms with van der Waals surface area (Å²) in [6, 6.07) is 0. The Bertz CT molecular complexity index is 407. The average molecular weight is 455 g/mol. The molecule has 0 atom stereocenters. The molecule has 0 radical (unpaired) electrons. The lowest BCUT2D eigenvalue weighted by Crippen LogP contribution is -2.15. The minimum Gasteiger partial charge on any atom is -0.460 e. The summed E-state index contributed by atoms with van der Waals surface area (Å²) in [6.45, 7) is 11.7. The first-order chi connectivity index (χ1) is 15.2. The molecular formula is C20H38O11. The van der Waals surface area contributed by atoms with Crippen molar-refractivity contribution in [3.63, 3.8) is 0 Å². The summed E-state index contributed by atoms with van der Waals surface area (Å²) >= 11 is 0. The number of hydrogen-bond acceptors (Lipinski definition) is 11. The van der Waals surface area contributed by atoms with E-state index >= 15 is 0 Å². The highest BCUT2D eigenvalue weighted by molar-refractivity contribution is 5.86. The molecule has 0 heterocycles. The van der Waals surface area contributed by atoms with E-state index in [1.165, 1.54) is 0 Å². The summed E-state index contributed by atoms with van der Waals surface area (Å²) < 4.78 is 42.1. The lowest BCUT2D eigenvalue weighted by Gasteiger charge is -2.08. The van der Waals surface area contributed by atoms with Crippen LogP contribution in [-0.2, 0) is 47.6 Å². The predicted octanol–water partition coefficient (Wildman–Crippen LogP) is 0.712. The molecule has 0 saturated carbocycles. The molecular weight excluding hydrogens is 416 g/mol. The number of ether oxygens (including phenoxy) is 8. The van der Waals surface area contributed by atoms with E-state index in [4.69, 9.17) is 43.2 Å². The summed E-state index contributed by atoms with van der Waals surface area (Å²) in [4.78, 5) is 15.0. The SMILES string of the molecule is C=C(C)C(=O)OCCOCCOCCOCCOCCOCCOCCOCCOO. The third-order valence-corrected chi connectivity index (χ3v) is 3.36. The Hall–Kier alpha value is -1.15. The van der Waals surface area contributed by atoms with Crippen molar-refractivity contribution < 1.29 is 52.8 Å². The van der Waals surface area contributed by atoms with Crippen molar-refractivity contribution in [2.24, 2.45) is 0 Å². The van der Waals surface area contributed by atoms with Crippen LogP contribution in [-0.4, -0.2) is 117 Å². The largest absolute Gasteiger partial charge is 0.460 e. The van der Waals surface area contributed by atoms with Gasteiger partial charge in [0, 0.05) is 5.57 Å². The van der Waals surface area contributed by atoms with Gasteiger partial charge in [-0.25, -0.2) is 9.68 Å². The molecule has 0 aliphatic heterocycles. The number of esters is 1. The molecule has 0 spiro atoms. The van der Waals surface area contributed by atoms with Gasteiger partial charge >= 0.3 is 5.97 Å². The Morgan fingerprint density at radius 2 is 0.806 bits per heavy atom. The summed E-state index contributed by atoms with van der Waals surface area (Å²) in [5.74, 6) is -0.413. The average Bonchev–Trinajstić information content (AvgIpc) is 2.76. The highest BCUT2D eigenvalue weighted by Gasteiger charge is 2.01. The zero-order valence-corrected chi connectivity index (χ0v) is 18.6. The molecule has 11 heteroatoms. The Labute approximate surface area is 184 Å². The zero-order valence-electron chi connectivity index (χ0n) is 18.6. The van der Waals surface area contributed by atoms with Crippen molar-refractivity contribution in [1.82, 2.24) is 0 Å². The van der Waals surface area contributed by atoms with Crippen LogP contribution in [0.1, 0.15) is 6.92 Å². The molecule has 1 N–H and O–H groups in total. The molecule has 0 aromatic carbocycles. The minimum absolute atomic E-state index is 0.149. The van der Waals surface area contributed by atoms with Crippen LogP contribution in [0.25, 0.3) is 0 Å². The quantitative estimate of drug-likeness (QED) is 0.0690. The lowest BCUT2D eigenvalue weighted by molar-refractivity contribution is -0.249. The van der Waals surface area contributed by atoms with Crippen molar-refractivity contribution in [3.8, 4) is 0 Å². The molecule has 184 valence electrons. The monoisotopic (exact) mass is 454 g/mol. The molecule has 11 nitrogen and oxygen atoms in total. The van der Waals surface area contributed by atoms with Crippen molar-refractivity contribution in [3.05, 3.63) is 12.2 Å². The summed E-state index contributed by atoms with van der Waals surface area (Å²) in [5.41, 5.74) is 0.369. The van der Waals surface area contributed by atoms with E-state index < -0.39 is 5.97 Å². The topological polar surface area (TPSA) is 120 Å². The Kier molecular flexibility index (Phi) is 24.2. The molecule has 0 bridgehead atoms. The molecule has 0 aromatic heterocycles. The van der Waals surface area contributed by atoms with Gasteiger partial charge in [-0.3, -0.25) is 5.26 Å². The van der Waals surface area contributed by atoms with Crippen molar-refractivity contribution in [2.45, 2.75) is 6.92 Å². The maximum atomic E-state index is 11.1. The van der Waals surface area contributed by atoms with Gasteiger partial charge in [-0.2, -0.15) is 0 Å². The van der Waals surface area contributed by atoms with Gasteiger partial charge in [0.15, 0.2) is 0 Å². The highest BCUT2D eigenvalue weighted by Crippen LogP contribution is 1.91. The van der Waals surface area contributed by atoms with Gasteiger partial charge in [0.25, 0.3) is 0 Å². The van der Waals surface area contributed by atoms with E-state index in [9.17, 15) is 4.79 Å². The zero-order chi connectivity index (χ0) is 22.8. The Morgan fingerprint density at radius 1 is 0.548 bits per heavy atom. The van der Waals surface area contributed by atoms with Gasteiger partial charge in [0.2, 0.25) is 0 Å². The first-order valence-corrected chi connectivity index (χ1v) is 10.3. The van der Waals surface area contributed by atoms with Crippen molar-refractivity contribution in [1.29, 1.82) is 0 Å². The van der Waals surface area contributed by atoms with Gasteiger partial charge < -0.3 is 37.9 Å². The van der Waals surface area contributed by atoms with E-state index in [1.54, 1.807) is 6.92 Å². The third kappa shape index (κ3) is 25.0. The predicted molar refractivity (Wildman–Crippen MR) is 110 cm³/mol. The summed E-state index contributed by atoms with van der Waals surface area (Å²) in [5, 5.41) is 8.09. The Morgan fingerprint density at radius 3 is 1.06 bits per heavy atom. The molecule has 0 fully saturated rings. The van der Waals surface area contributed by atoms with Crippen LogP contribution >= 0.6 is 0 Å². The molecule has 0 aliphatic carbocycles. The number of rotatable bonds is 25. The lowest BCUT2D eigenvalue weighted by atomic mass is 10.4. The number of carbonyl (C=O) groups excluding carboxylic acids is 1. The van der Waals surface area contributed by atoms with Crippen LogP contribution in [0, 0.1) is 0 Å². The van der Waals surface area contributed by atoms with Crippen molar-refractivity contribution in [2.75, 3.05) is 106 Å². The van der Waals surface area contributed by atoms with Gasteiger partial charge in [0.1, 0.15) is 13.2 Å². The van der Waals surface area contributed by atoms with E-state index in [-0.39, 0.29) is 13.2 Å². The standard InChI is InChI=1S/C20H38O11/c1-19(2)20(21)30-17-15-28-13-11-26-9-7-24-5-3-23-4-6-25-8-10-27-12-14-29-16-18-31-22/h22H,1,3-18H2,2H3. The van der Waals surface area contributed by atoms with Crippen LogP contribution in [0.2, 0.25) is 0 Å². The van der Waals surface area contributed by atoms with Gasteiger partial charge in [-0.1, -0.05) is 6.58 Å². The van der Waals surface area contributed by atoms with E-state index in [0.717, 1.165) is 0 Å². The fraction of sp³-hybridized carbons (Fsp3) is 0.850. The second kappa shape index (κ2) is 25.1. The summed E-state index contributed by atoms with van der Waals surface area (Å²) in [7, 11) is 0. The molecule has 0 aliphatic rings. The Balaban J connectivity index is 3.05. The van der Waals surface area contributed by atoms with Gasteiger partial charge in [-0.15, -0.1) is 0 Å². The molecule has 0 rings (SSSR count). The molecule has 0 unspecified atom stereocenters. The molecule has 31 heavy (non-hydrogen) atoms. The fourth-order valence-corrected chi connectivity index (χ4v) is 1.83. The van der Waals surface area contributed by atoms with E-state index in [0.29, 0.717) is 98.1 Å². The second-order valence-corrected chi connectivity index (χ2v) is 6.04. The minimum atomic E-state index is -0.413. The van der Waals surface area contributed by atoms with Crippen LogP contribution in [0.5, 0.6) is 0 Å². The van der Waals surface area contributed by atoms with Crippen LogP contribution in [0.15, 0.2) is 12.2 Å². The molecule has 0 saturated heterocycles. The maximum absolute atomic E-state index is 11.1. The van der Waals surface area contributed by atoms with Crippen LogP contribution in [0.3, 0.4) is 0 Å². The first-order valence-electron chi connectivity index (χ1n) is 10.3. The maximum Gasteiger partial charge on any atom is 0.333 e. The number of hydrogen-bond donors (Lipinski definition) is 1. The second-order valence-electron chi connectivity index (χ2n) is 6.04. The summed E-state index contributed by atoms with van der Waals surface area (Å²) in [6.07, 6.45) is 0. The molecule has 0 aromatic rings. The number of carbonyl (C=O) groups is 1. The van der Waals surface area contributed by atoms with E-state index in [2.05, 4.69) is 11.5 Å². The van der Waals surface area contributed by atoms with Crippen molar-refractivity contribution >= 4 is 5.97 Å². The fourth-order valence-electron chi connectivity index (χ4n) is 1.83. The first kappa shape index (κ1) is 29.9. The highest BCUT2D eigenvalue weighted by atomic mass is 17.1.